The Morgan fingerprint density at radius 1 is 1.17 bits per heavy atom. The zero-order valence-electron chi connectivity index (χ0n) is 13.6. The first-order valence-electron chi connectivity index (χ1n) is 8.05. The van der Waals surface area contributed by atoms with Crippen molar-refractivity contribution in [3.8, 4) is 0 Å². The number of fused-ring (bicyclic) bond motifs is 1. The van der Waals surface area contributed by atoms with E-state index in [9.17, 15) is 4.79 Å². The van der Waals surface area contributed by atoms with Crippen LogP contribution in [0, 0.1) is 0 Å². The van der Waals surface area contributed by atoms with E-state index in [4.69, 9.17) is 0 Å². The first kappa shape index (κ1) is 16.4. The molecular weight excluding hydrogens is 354 g/mol. The molecule has 23 heavy (non-hydrogen) atoms. The number of carbonyl (C=O) groups is 1. The Balaban J connectivity index is 1.86. The summed E-state index contributed by atoms with van der Waals surface area (Å²) < 4.78 is 1.02. The van der Waals surface area contributed by atoms with E-state index in [1.165, 1.54) is 6.42 Å². The van der Waals surface area contributed by atoms with Gasteiger partial charge in [-0.25, -0.2) is 4.98 Å². The van der Waals surface area contributed by atoms with Crippen molar-refractivity contribution in [2.75, 3.05) is 19.4 Å². The average molecular weight is 376 g/mol. The summed E-state index contributed by atoms with van der Waals surface area (Å²) in [5, 5.41) is 5.16. The average Bonchev–Trinajstić information content (AvgIpc) is 2.54. The number of pyridine rings is 1. The second-order valence-corrected chi connectivity index (χ2v) is 7.42. The first-order valence-corrected chi connectivity index (χ1v) is 8.85. The Morgan fingerprint density at radius 3 is 2.61 bits per heavy atom. The van der Waals surface area contributed by atoms with E-state index in [-0.39, 0.29) is 5.91 Å². The summed E-state index contributed by atoms with van der Waals surface area (Å²) in [4.78, 5) is 19.4. The van der Waals surface area contributed by atoms with Gasteiger partial charge in [-0.1, -0.05) is 41.3 Å². The van der Waals surface area contributed by atoms with Gasteiger partial charge >= 0.3 is 0 Å². The van der Waals surface area contributed by atoms with E-state index in [1.54, 1.807) is 6.20 Å². The molecule has 0 spiro atoms. The van der Waals surface area contributed by atoms with Crippen LogP contribution in [0.1, 0.15) is 32.1 Å². The molecule has 1 aliphatic carbocycles. The molecule has 2 aromatic rings. The Hall–Kier alpha value is -1.46. The molecule has 3 rings (SSSR count). The highest BCUT2D eigenvalue weighted by Gasteiger charge is 2.41. The highest BCUT2D eigenvalue weighted by Crippen LogP contribution is 2.33. The Morgan fingerprint density at radius 2 is 1.91 bits per heavy atom. The van der Waals surface area contributed by atoms with Gasteiger partial charge in [-0.2, -0.15) is 0 Å². The van der Waals surface area contributed by atoms with Gasteiger partial charge in [0.25, 0.3) is 0 Å². The van der Waals surface area contributed by atoms with Crippen molar-refractivity contribution in [1.82, 2.24) is 9.88 Å². The molecule has 0 unspecified atom stereocenters. The number of halogens is 1. The minimum Gasteiger partial charge on any atom is -0.309 e. The molecule has 0 aliphatic heterocycles. The van der Waals surface area contributed by atoms with Gasteiger partial charge in [0.1, 0.15) is 11.4 Å². The van der Waals surface area contributed by atoms with E-state index < -0.39 is 5.54 Å². The second-order valence-electron chi connectivity index (χ2n) is 6.50. The van der Waals surface area contributed by atoms with Gasteiger partial charge in [0, 0.05) is 16.1 Å². The first-order chi connectivity index (χ1) is 11.0. The number of amides is 1. The number of rotatable bonds is 3. The van der Waals surface area contributed by atoms with Crippen molar-refractivity contribution in [3.05, 3.63) is 34.9 Å². The maximum atomic E-state index is 12.9. The topological polar surface area (TPSA) is 45.2 Å². The fourth-order valence-electron chi connectivity index (χ4n) is 3.43. The molecule has 1 saturated carbocycles. The molecule has 1 amide bonds. The quantitative estimate of drug-likeness (QED) is 0.873. The van der Waals surface area contributed by atoms with Gasteiger partial charge in [-0.15, -0.1) is 0 Å². The minimum absolute atomic E-state index is 0.0593. The molecule has 1 N–H and O–H groups in total. The van der Waals surface area contributed by atoms with Crippen molar-refractivity contribution < 1.29 is 4.79 Å². The van der Waals surface area contributed by atoms with Crippen molar-refractivity contribution in [3.63, 3.8) is 0 Å². The molecule has 0 saturated heterocycles. The number of likely N-dealkylation sites (N-methyl/N-ethyl adjacent to an activating group) is 1. The molecule has 5 heteroatoms. The van der Waals surface area contributed by atoms with Crippen molar-refractivity contribution in [2.45, 2.75) is 37.6 Å². The molecule has 122 valence electrons. The molecule has 4 nitrogen and oxygen atoms in total. The molecular formula is C18H22BrN3O. The zero-order valence-corrected chi connectivity index (χ0v) is 15.2. The molecule has 0 atom stereocenters. The lowest BCUT2D eigenvalue weighted by Crippen LogP contribution is -2.55. The van der Waals surface area contributed by atoms with Crippen LogP contribution in [-0.4, -0.2) is 35.4 Å². The van der Waals surface area contributed by atoms with Gasteiger partial charge in [-0.05, 0) is 50.5 Å². The maximum absolute atomic E-state index is 12.9. The monoisotopic (exact) mass is 375 g/mol. The Bertz CT molecular complexity index is 723. The van der Waals surface area contributed by atoms with Crippen LogP contribution < -0.4 is 5.32 Å². The number of nitrogens with one attached hydrogen (secondary N) is 1. The number of carbonyl (C=O) groups excluding carboxylic acids is 1. The van der Waals surface area contributed by atoms with Crippen molar-refractivity contribution in [2.24, 2.45) is 0 Å². The summed E-state index contributed by atoms with van der Waals surface area (Å²) in [7, 11) is 3.99. The number of hydrogen-bond acceptors (Lipinski definition) is 3. The number of anilines is 1. The Kier molecular flexibility index (Phi) is 4.69. The van der Waals surface area contributed by atoms with Gasteiger partial charge < -0.3 is 5.32 Å². The number of aromatic nitrogens is 1. The molecule has 1 aromatic carbocycles. The van der Waals surface area contributed by atoms with Crippen LogP contribution in [0.15, 0.2) is 34.9 Å². The highest BCUT2D eigenvalue weighted by atomic mass is 79.9. The maximum Gasteiger partial charge on any atom is 0.246 e. The third-order valence-electron chi connectivity index (χ3n) is 4.88. The fourth-order valence-corrected chi connectivity index (χ4v) is 3.81. The summed E-state index contributed by atoms with van der Waals surface area (Å²) >= 11 is 3.48. The van der Waals surface area contributed by atoms with E-state index in [2.05, 4.69) is 31.1 Å². The number of nitrogens with zero attached hydrogens (tertiary/aromatic N) is 2. The lowest BCUT2D eigenvalue weighted by atomic mass is 9.80. The van der Waals surface area contributed by atoms with E-state index >= 15 is 0 Å². The fraction of sp³-hybridized carbons (Fsp3) is 0.444. The molecule has 1 aromatic heterocycles. The van der Waals surface area contributed by atoms with Crippen LogP contribution in [0.3, 0.4) is 0 Å². The lowest BCUT2D eigenvalue weighted by molar-refractivity contribution is -0.128. The van der Waals surface area contributed by atoms with E-state index in [0.717, 1.165) is 40.9 Å². The minimum atomic E-state index is -0.411. The summed E-state index contributed by atoms with van der Waals surface area (Å²) in [6.07, 6.45) is 7.04. The Labute approximate surface area is 145 Å². The third-order valence-corrected chi connectivity index (χ3v) is 5.38. The predicted molar refractivity (Wildman–Crippen MR) is 97.6 cm³/mol. The smallest absolute Gasteiger partial charge is 0.246 e. The molecule has 0 bridgehead atoms. The van der Waals surface area contributed by atoms with E-state index in [1.807, 2.05) is 38.4 Å². The van der Waals surface area contributed by atoms with Gasteiger partial charge in [0.05, 0.1) is 0 Å². The molecule has 1 fully saturated rings. The van der Waals surface area contributed by atoms with Gasteiger partial charge in [0.2, 0.25) is 5.91 Å². The van der Waals surface area contributed by atoms with Crippen LogP contribution in [-0.2, 0) is 4.79 Å². The number of benzene rings is 1. The largest absolute Gasteiger partial charge is 0.309 e. The van der Waals surface area contributed by atoms with Gasteiger partial charge in [0.15, 0.2) is 0 Å². The van der Waals surface area contributed by atoms with E-state index in [0.29, 0.717) is 5.82 Å². The third kappa shape index (κ3) is 3.26. The summed E-state index contributed by atoms with van der Waals surface area (Å²) in [6.45, 7) is 0. The van der Waals surface area contributed by atoms with Gasteiger partial charge in [-0.3, -0.25) is 9.69 Å². The summed E-state index contributed by atoms with van der Waals surface area (Å²) in [6, 6.07) is 7.98. The summed E-state index contributed by atoms with van der Waals surface area (Å²) in [5.74, 6) is 0.677. The SMILES string of the molecule is CN(C)C1(C(=O)Nc2cc3cc(Br)ccc3cn2)CCCCC1. The van der Waals surface area contributed by atoms with Crippen molar-refractivity contribution in [1.29, 1.82) is 0 Å². The zero-order chi connectivity index (χ0) is 16.4. The molecule has 1 aliphatic rings. The van der Waals surface area contributed by atoms with Crippen LogP contribution in [0.4, 0.5) is 5.82 Å². The normalized spacial score (nSPS) is 17.4. The second kappa shape index (κ2) is 6.57. The van der Waals surface area contributed by atoms with Crippen molar-refractivity contribution >= 4 is 38.4 Å². The highest BCUT2D eigenvalue weighted by molar-refractivity contribution is 9.10. The van der Waals surface area contributed by atoms with Crippen LogP contribution in [0.2, 0.25) is 0 Å². The standard InChI is InChI=1S/C18H22BrN3O/c1-22(2)18(8-4-3-5-9-18)17(23)21-16-11-14-10-15(19)7-6-13(14)12-20-16/h6-7,10-12H,3-5,8-9H2,1-2H3,(H,20,21,23). The summed E-state index contributed by atoms with van der Waals surface area (Å²) in [5.41, 5.74) is -0.411. The number of hydrogen-bond donors (Lipinski definition) is 1. The molecule has 1 heterocycles. The predicted octanol–water partition coefficient (Wildman–Crippen LogP) is 4.20. The molecule has 0 radical (unpaired) electrons. The lowest BCUT2D eigenvalue weighted by Gasteiger charge is -2.41. The van der Waals surface area contributed by atoms with Crippen LogP contribution in [0.25, 0.3) is 10.8 Å². The van der Waals surface area contributed by atoms with Crippen LogP contribution >= 0.6 is 15.9 Å². The van der Waals surface area contributed by atoms with Crippen LogP contribution in [0.5, 0.6) is 0 Å².